The molecule has 2 N–H and O–H groups in total. The van der Waals surface area contributed by atoms with Gasteiger partial charge >= 0.3 is 0 Å². The van der Waals surface area contributed by atoms with Gasteiger partial charge < -0.3 is 5.73 Å². The van der Waals surface area contributed by atoms with Crippen molar-refractivity contribution in [2.24, 2.45) is 5.73 Å². The first-order valence-electron chi connectivity index (χ1n) is 7.36. The van der Waals surface area contributed by atoms with Crippen molar-refractivity contribution in [3.63, 3.8) is 0 Å². The van der Waals surface area contributed by atoms with Crippen molar-refractivity contribution < 1.29 is 0 Å². The zero-order valence-electron chi connectivity index (χ0n) is 11.5. The standard InChI is InChI=1S/C17H19N3/c18-17-13-7-1-3-9-15(13)20(19-11-5-6-12-19)16-10-4-2-8-14(16)17/h1,3,5-7,9,11-12,17H,2,4,8,10,18H2. The van der Waals surface area contributed by atoms with Gasteiger partial charge in [0.25, 0.3) is 0 Å². The number of allylic oxidation sites excluding steroid dienone is 1. The number of anilines is 1. The van der Waals surface area contributed by atoms with Crippen molar-refractivity contribution in [3.05, 3.63) is 65.6 Å². The summed E-state index contributed by atoms with van der Waals surface area (Å²) in [7, 11) is 0. The molecule has 0 fully saturated rings. The zero-order valence-corrected chi connectivity index (χ0v) is 11.5. The van der Waals surface area contributed by atoms with Gasteiger partial charge in [0.15, 0.2) is 0 Å². The highest BCUT2D eigenvalue weighted by molar-refractivity contribution is 5.65. The zero-order chi connectivity index (χ0) is 13.5. The lowest BCUT2D eigenvalue weighted by molar-refractivity contribution is 0.568. The molecule has 3 nitrogen and oxygen atoms in total. The first-order valence-corrected chi connectivity index (χ1v) is 7.36. The second-order valence-electron chi connectivity index (χ2n) is 5.59. The average Bonchev–Trinajstić information content (AvgIpc) is 3.02. The van der Waals surface area contributed by atoms with Gasteiger partial charge in [0.1, 0.15) is 0 Å². The highest BCUT2D eigenvalue weighted by atomic mass is 15.5. The van der Waals surface area contributed by atoms with Crippen LogP contribution in [0.5, 0.6) is 0 Å². The molecular weight excluding hydrogens is 246 g/mol. The summed E-state index contributed by atoms with van der Waals surface area (Å²) >= 11 is 0. The van der Waals surface area contributed by atoms with Gasteiger partial charge in [0.2, 0.25) is 0 Å². The molecule has 0 bridgehead atoms. The van der Waals surface area contributed by atoms with Crippen molar-refractivity contribution in [1.29, 1.82) is 0 Å². The van der Waals surface area contributed by atoms with E-state index in [-0.39, 0.29) is 6.04 Å². The molecule has 1 aromatic heterocycles. The van der Waals surface area contributed by atoms with Crippen LogP contribution in [0.4, 0.5) is 5.69 Å². The number of benzene rings is 1. The molecule has 1 aliphatic carbocycles. The number of hydrogen-bond donors (Lipinski definition) is 1. The lowest BCUT2D eigenvalue weighted by Gasteiger charge is -2.40. The molecule has 3 heteroatoms. The fraction of sp³-hybridized carbons (Fsp3) is 0.294. The number of hydrogen-bond acceptors (Lipinski definition) is 2. The predicted octanol–water partition coefficient (Wildman–Crippen LogP) is 3.60. The van der Waals surface area contributed by atoms with E-state index in [0.29, 0.717) is 0 Å². The lowest BCUT2D eigenvalue weighted by Crippen LogP contribution is -2.37. The fourth-order valence-electron chi connectivity index (χ4n) is 3.49. The van der Waals surface area contributed by atoms with Crippen LogP contribution in [-0.4, -0.2) is 4.68 Å². The Balaban J connectivity index is 1.95. The minimum atomic E-state index is 0.0633. The van der Waals surface area contributed by atoms with Crippen LogP contribution in [0.15, 0.2) is 60.1 Å². The number of rotatable bonds is 1. The molecule has 2 aliphatic rings. The Labute approximate surface area is 119 Å². The number of aromatic nitrogens is 1. The molecule has 4 rings (SSSR count). The first-order chi connectivity index (χ1) is 9.86. The first kappa shape index (κ1) is 11.8. The summed E-state index contributed by atoms with van der Waals surface area (Å²) < 4.78 is 2.17. The molecule has 2 aromatic rings. The van der Waals surface area contributed by atoms with Crippen molar-refractivity contribution in [3.8, 4) is 0 Å². The van der Waals surface area contributed by atoms with E-state index in [9.17, 15) is 0 Å². The molecule has 102 valence electrons. The van der Waals surface area contributed by atoms with E-state index < -0.39 is 0 Å². The Kier molecular flexibility index (Phi) is 2.67. The van der Waals surface area contributed by atoms with Gasteiger partial charge in [-0.2, -0.15) is 0 Å². The third-order valence-electron chi connectivity index (χ3n) is 4.43. The van der Waals surface area contributed by atoms with Crippen LogP contribution in [0.1, 0.15) is 37.3 Å². The van der Waals surface area contributed by atoms with Gasteiger partial charge in [-0.3, -0.25) is 9.69 Å². The van der Waals surface area contributed by atoms with Crippen LogP contribution < -0.4 is 10.7 Å². The monoisotopic (exact) mass is 265 g/mol. The van der Waals surface area contributed by atoms with E-state index in [1.165, 1.54) is 35.4 Å². The van der Waals surface area contributed by atoms with Crippen molar-refractivity contribution in [2.75, 3.05) is 5.01 Å². The van der Waals surface area contributed by atoms with Crippen LogP contribution in [0, 0.1) is 0 Å². The highest BCUT2D eigenvalue weighted by Gasteiger charge is 2.32. The normalized spacial score (nSPS) is 21.6. The summed E-state index contributed by atoms with van der Waals surface area (Å²) in [5.41, 5.74) is 11.8. The molecule has 1 unspecified atom stereocenters. The Hall–Kier alpha value is -2.00. The van der Waals surface area contributed by atoms with E-state index in [1.807, 2.05) is 0 Å². The smallest absolute Gasteiger partial charge is 0.0683 e. The maximum Gasteiger partial charge on any atom is 0.0683 e. The van der Waals surface area contributed by atoms with E-state index >= 15 is 0 Å². The van der Waals surface area contributed by atoms with Crippen LogP contribution >= 0.6 is 0 Å². The number of nitrogens with zero attached hydrogens (tertiary/aromatic N) is 2. The fourth-order valence-corrected chi connectivity index (χ4v) is 3.49. The Morgan fingerprint density at radius 3 is 2.55 bits per heavy atom. The molecular formula is C17H19N3. The minimum absolute atomic E-state index is 0.0633. The van der Waals surface area contributed by atoms with Gasteiger partial charge in [0.05, 0.1) is 11.7 Å². The molecule has 20 heavy (non-hydrogen) atoms. The van der Waals surface area contributed by atoms with Crippen LogP contribution in [0.3, 0.4) is 0 Å². The van der Waals surface area contributed by atoms with Gasteiger partial charge in [-0.15, -0.1) is 0 Å². The second-order valence-corrected chi connectivity index (χ2v) is 5.59. The molecule has 1 aliphatic heterocycles. The topological polar surface area (TPSA) is 34.2 Å². The van der Waals surface area contributed by atoms with Gasteiger partial charge in [-0.05, 0) is 55.0 Å². The Morgan fingerprint density at radius 1 is 0.950 bits per heavy atom. The maximum absolute atomic E-state index is 6.52. The molecule has 1 atom stereocenters. The van der Waals surface area contributed by atoms with E-state index in [2.05, 4.69) is 58.5 Å². The third kappa shape index (κ3) is 1.63. The average molecular weight is 265 g/mol. The molecule has 0 saturated carbocycles. The third-order valence-corrected chi connectivity index (χ3v) is 4.43. The summed E-state index contributed by atoms with van der Waals surface area (Å²) in [5, 5.41) is 2.34. The summed E-state index contributed by atoms with van der Waals surface area (Å²) in [6.45, 7) is 0. The van der Waals surface area contributed by atoms with Crippen LogP contribution in [-0.2, 0) is 0 Å². The van der Waals surface area contributed by atoms with E-state index in [0.717, 1.165) is 12.8 Å². The van der Waals surface area contributed by atoms with Gasteiger partial charge in [0, 0.05) is 18.1 Å². The number of nitrogens with two attached hydrogens (primary N) is 1. The van der Waals surface area contributed by atoms with E-state index in [4.69, 9.17) is 5.73 Å². The minimum Gasteiger partial charge on any atom is -0.320 e. The van der Waals surface area contributed by atoms with Crippen molar-refractivity contribution in [1.82, 2.24) is 4.68 Å². The summed E-state index contributed by atoms with van der Waals surface area (Å²) in [6, 6.07) is 12.7. The maximum atomic E-state index is 6.52. The number of fused-ring (bicyclic) bond motifs is 1. The quantitative estimate of drug-likeness (QED) is 0.855. The highest BCUT2D eigenvalue weighted by Crippen LogP contribution is 2.44. The molecule has 0 saturated heterocycles. The lowest BCUT2D eigenvalue weighted by atomic mass is 9.84. The molecule has 0 amide bonds. The molecule has 2 heterocycles. The second kappa shape index (κ2) is 4.53. The molecule has 0 radical (unpaired) electrons. The van der Waals surface area contributed by atoms with Crippen LogP contribution in [0.25, 0.3) is 0 Å². The van der Waals surface area contributed by atoms with Crippen molar-refractivity contribution in [2.45, 2.75) is 31.7 Å². The van der Waals surface area contributed by atoms with Crippen molar-refractivity contribution >= 4 is 5.69 Å². The molecule has 0 spiro atoms. The summed E-state index contributed by atoms with van der Waals surface area (Å²) in [5.74, 6) is 0. The van der Waals surface area contributed by atoms with E-state index in [1.54, 1.807) is 0 Å². The molecule has 1 aromatic carbocycles. The summed E-state index contributed by atoms with van der Waals surface area (Å²) in [4.78, 5) is 0. The van der Waals surface area contributed by atoms with Crippen LogP contribution in [0.2, 0.25) is 0 Å². The van der Waals surface area contributed by atoms with Gasteiger partial charge in [-0.25, -0.2) is 0 Å². The predicted molar refractivity (Wildman–Crippen MR) is 81.2 cm³/mol. The Bertz CT molecular complexity index is 655. The largest absolute Gasteiger partial charge is 0.320 e. The Morgan fingerprint density at radius 2 is 1.70 bits per heavy atom. The number of para-hydroxylation sites is 1. The SMILES string of the molecule is NC1C2=C(CCCC2)N(n2cccc2)c2ccccc21. The summed E-state index contributed by atoms with van der Waals surface area (Å²) in [6.07, 6.45) is 8.97. The van der Waals surface area contributed by atoms with Gasteiger partial charge in [-0.1, -0.05) is 18.2 Å².